The average molecular weight is 287 g/mol. The van der Waals surface area contributed by atoms with E-state index in [4.69, 9.17) is 4.74 Å². The molecule has 2 N–H and O–H groups in total. The van der Waals surface area contributed by atoms with E-state index in [1.807, 2.05) is 25.1 Å². The summed E-state index contributed by atoms with van der Waals surface area (Å²) in [4.78, 5) is 19.4. The minimum atomic E-state index is -0.0358. The number of aromatic nitrogens is 2. The molecule has 0 aliphatic carbocycles. The summed E-state index contributed by atoms with van der Waals surface area (Å²) in [7, 11) is 0. The quantitative estimate of drug-likeness (QED) is 0.888. The SMILES string of the molecule is CC(CCC1CCCO1)NC(=O)c1ccc2nc[nH]c2c1. The van der Waals surface area contributed by atoms with Gasteiger partial charge in [0.25, 0.3) is 5.91 Å². The van der Waals surface area contributed by atoms with Crippen LogP contribution in [0.1, 0.15) is 43.0 Å². The second kappa shape index (κ2) is 6.26. The van der Waals surface area contributed by atoms with Crippen molar-refractivity contribution in [2.24, 2.45) is 0 Å². The maximum absolute atomic E-state index is 12.2. The highest BCUT2D eigenvalue weighted by Gasteiger charge is 2.17. The number of hydrogen-bond acceptors (Lipinski definition) is 3. The molecular weight excluding hydrogens is 266 g/mol. The van der Waals surface area contributed by atoms with E-state index in [0.29, 0.717) is 11.7 Å². The lowest BCUT2D eigenvalue weighted by Crippen LogP contribution is -2.33. The van der Waals surface area contributed by atoms with Crippen LogP contribution in [0.15, 0.2) is 24.5 Å². The van der Waals surface area contributed by atoms with Crippen molar-refractivity contribution in [2.75, 3.05) is 6.61 Å². The molecule has 2 atom stereocenters. The van der Waals surface area contributed by atoms with Crippen LogP contribution in [-0.4, -0.2) is 34.6 Å². The molecule has 1 saturated heterocycles. The number of ether oxygens (including phenoxy) is 1. The Hall–Kier alpha value is -1.88. The highest BCUT2D eigenvalue weighted by molar-refractivity contribution is 5.97. The summed E-state index contributed by atoms with van der Waals surface area (Å²) in [5.41, 5.74) is 2.42. The largest absolute Gasteiger partial charge is 0.378 e. The highest BCUT2D eigenvalue weighted by Crippen LogP contribution is 2.18. The molecule has 1 aromatic heterocycles. The Bertz CT molecular complexity index is 617. The third kappa shape index (κ3) is 3.42. The molecule has 2 heterocycles. The van der Waals surface area contributed by atoms with Crippen LogP contribution in [0.5, 0.6) is 0 Å². The van der Waals surface area contributed by atoms with E-state index in [1.54, 1.807) is 6.33 Å². The topological polar surface area (TPSA) is 67.0 Å². The molecule has 112 valence electrons. The molecule has 1 aliphatic rings. The molecule has 1 amide bonds. The van der Waals surface area contributed by atoms with Crippen molar-refractivity contribution < 1.29 is 9.53 Å². The Labute approximate surface area is 124 Å². The van der Waals surface area contributed by atoms with Crippen molar-refractivity contribution in [2.45, 2.75) is 44.8 Å². The number of H-pyrrole nitrogens is 1. The van der Waals surface area contributed by atoms with Gasteiger partial charge in [0, 0.05) is 18.2 Å². The van der Waals surface area contributed by atoms with E-state index in [9.17, 15) is 4.79 Å². The number of hydrogen-bond donors (Lipinski definition) is 2. The zero-order chi connectivity index (χ0) is 14.7. The van der Waals surface area contributed by atoms with Gasteiger partial charge in [-0.25, -0.2) is 4.98 Å². The predicted molar refractivity (Wildman–Crippen MR) is 81.2 cm³/mol. The minimum absolute atomic E-state index is 0.0358. The van der Waals surface area contributed by atoms with Crippen LogP contribution in [-0.2, 0) is 4.74 Å². The molecule has 5 nitrogen and oxygen atoms in total. The molecule has 0 bridgehead atoms. The molecule has 0 spiro atoms. The van der Waals surface area contributed by atoms with Gasteiger partial charge in [0.05, 0.1) is 23.5 Å². The maximum atomic E-state index is 12.2. The van der Waals surface area contributed by atoms with Crippen molar-refractivity contribution in [1.82, 2.24) is 15.3 Å². The molecule has 21 heavy (non-hydrogen) atoms. The van der Waals surface area contributed by atoms with Crippen LogP contribution in [0.25, 0.3) is 11.0 Å². The standard InChI is InChI=1S/C16H21N3O2/c1-11(4-6-13-3-2-8-21-13)19-16(20)12-5-7-14-15(9-12)18-10-17-14/h5,7,9-11,13H,2-4,6,8H2,1H3,(H,17,18)(H,19,20). The maximum Gasteiger partial charge on any atom is 0.251 e. The van der Waals surface area contributed by atoms with Crippen LogP contribution in [0.3, 0.4) is 0 Å². The summed E-state index contributed by atoms with van der Waals surface area (Å²) in [6.45, 7) is 2.93. The van der Waals surface area contributed by atoms with Crippen LogP contribution in [0, 0.1) is 0 Å². The normalized spacial score (nSPS) is 19.8. The van der Waals surface area contributed by atoms with E-state index in [-0.39, 0.29) is 11.9 Å². The summed E-state index contributed by atoms with van der Waals surface area (Å²) in [5.74, 6) is -0.0358. The third-order valence-electron chi connectivity index (χ3n) is 4.01. The number of fused-ring (bicyclic) bond motifs is 1. The summed E-state index contributed by atoms with van der Waals surface area (Å²) in [5, 5.41) is 3.05. The van der Waals surface area contributed by atoms with Gasteiger partial charge >= 0.3 is 0 Å². The van der Waals surface area contributed by atoms with E-state index < -0.39 is 0 Å². The Balaban J connectivity index is 1.54. The third-order valence-corrected chi connectivity index (χ3v) is 4.01. The van der Waals surface area contributed by atoms with E-state index in [1.165, 1.54) is 0 Å². The van der Waals surface area contributed by atoms with Gasteiger partial charge in [-0.3, -0.25) is 4.79 Å². The van der Waals surface area contributed by atoms with Crippen molar-refractivity contribution >= 4 is 16.9 Å². The predicted octanol–water partition coefficient (Wildman–Crippen LogP) is 2.64. The van der Waals surface area contributed by atoms with Crippen molar-refractivity contribution in [1.29, 1.82) is 0 Å². The number of carbonyl (C=O) groups excluding carboxylic acids is 1. The fourth-order valence-corrected chi connectivity index (χ4v) is 2.76. The van der Waals surface area contributed by atoms with Crippen molar-refractivity contribution in [3.8, 4) is 0 Å². The number of aromatic amines is 1. The lowest BCUT2D eigenvalue weighted by atomic mass is 10.1. The molecule has 0 saturated carbocycles. The molecule has 2 unspecified atom stereocenters. The van der Waals surface area contributed by atoms with Gasteiger partial charge in [-0.15, -0.1) is 0 Å². The number of nitrogens with one attached hydrogen (secondary N) is 2. The zero-order valence-corrected chi connectivity index (χ0v) is 12.3. The van der Waals surface area contributed by atoms with Crippen molar-refractivity contribution in [3.63, 3.8) is 0 Å². The van der Waals surface area contributed by atoms with Gasteiger partial charge in [0.15, 0.2) is 0 Å². The van der Waals surface area contributed by atoms with E-state index >= 15 is 0 Å². The molecule has 1 fully saturated rings. The van der Waals surface area contributed by atoms with E-state index in [0.717, 1.165) is 43.3 Å². The highest BCUT2D eigenvalue weighted by atomic mass is 16.5. The lowest BCUT2D eigenvalue weighted by molar-refractivity contribution is 0.0899. The summed E-state index contributed by atoms with van der Waals surface area (Å²) >= 11 is 0. The molecule has 3 rings (SSSR count). The Morgan fingerprint density at radius 2 is 2.48 bits per heavy atom. The number of benzene rings is 1. The molecule has 5 heteroatoms. The minimum Gasteiger partial charge on any atom is -0.378 e. The first-order chi connectivity index (χ1) is 10.2. The van der Waals surface area contributed by atoms with E-state index in [2.05, 4.69) is 15.3 Å². The van der Waals surface area contributed by atoms with Crippen LogP contribution in [0.4, 0.5) is 0 Å². The average Bonchev–Trinajstić information content (AvgIpc) is 3.15. The molecule has 0 radical (unpaired) electrons. The zero-order valence-electron chi connectivity index (χ0n) is 12.3. The smallest absolute Gasteiger partial charge is 0.251 e. The summed E-state index contributed by atoms with van der Waals surface area (Å²) < 4.78 is 5.61. The van der Waals surface area contributed by atoms with Gasteiger partial charge in [0.2, 0.25) is 0 Å². The van der Waals surface area contributed by atoms with Gasteiger partial charge in [0.1, 0.15) is 0 Å². The van der Waals surface area contributed by atoms with Crippen molar-refractivity contribution in [3.05, 3.63) is 30.1 Å². The molecular formula is C16H21N3O2. The number of rotatable bonds is 5. The van der Waals surface area contributed by atoms with Gasteiger partial charge in [-0.2, -0.15) is 0 Å². The second-order valence-corrected chi connectivity index (χ2v) is 5.72. The summed E-state index contributed by atoms with van der Waals surface area (Å²) in [6, 6.07) is 5.66. The van der Waals surface area contributed by atoms with Crippen LogP contribution in [0.2, 0.25) is 0 Å². The van der Waals surface area contributed by atoms with Gasteiger partial charge < -0.3 is 15.0 Å². The lowest BCUT2D eigenvalue weighted by Gasteiger charge is -2.16. The second-order valence-electron chi connectivity index (χ2n) is 5.72. The number of carbonyl (C=O) groups is 1. The number of nitrogens with zero attached hydrogens (tertiary/aromatic N) is 1. The number of imidazole rings is 1. The Morgan fingerprint density at radius 3 is 3.29 bits per heavy atom. The van der Waals surface area contributed by atoms with Crippen LogP contribution >= 0.6 is 0 Å². The monoisotopic (exact) mass is 287 g/mol. The first-order valence-electron chi connectivity index (χ1n) is 7.58. The first kappa shape index (κ1) is 14.1. The fourth-order valence-electron chi connectivity index (χ4n) is 2.76. The molecule has 1 aromatic carbocycles. The summed E-state index contributed by atoms with van der Waals surface area (Å²) in [6.07, 6.45) is 6.29. The number of amides is 1. The Kier molecular flexibility index (Phi) is 4.20. The Morgan fingerprint density at radius 1 is 1.57 bits per heavy atom. The fraction of sp³-hybridized carbons (Fsp3) is 0.500. The van der Waals surface area contributed by atoms with Gasteiger partial charge in [-0.05, 0) is 50.8 Å². The molecule has 1 aliphatic heterocycles. The van der Waals surface area contributed by atoms with Crippen LogP contribution < -0.4 is 5.32 Å². The van der Waals surface area contributed by atoms with Gasteiger partial charge in [-0.1, -0.05) is 0 Å². The first-order valence-corrected chi connectivity index (χ1v) is 7.58. The molecule has 2 aromatic rings.